The number of carbonyl (C=O) groups is 1. The summed E-state index contributed by atoms with van der Waals surface area (Å²) in [6.07, 6.45) is 0. The summed E-state index contributed by atoms with van der Waals surface area (Å²) in [6.45, 7) is 1.09. The number of methoxy groups -OCH3 is 1. The van der Waals surface area contributed by atoms with Crippen LogP contribution in [-0.2, 0) is 10.0 Å². The first-order chi connectivity index (χ1) is 12.4. The summed E-state index contributed by atoms with van der Waals surface area (Å²) in [6, 6.07) is 12.7. The maximum atomic E-state index is 12.9. The van der Waals surface area contributed by atoms with Crippen LogP contribution in [0.15, 0.2) is 53.4 Å². The highest BCUT2D eigenvalue weighted by Gasteiger charge is 2.22. The van der Waals surface area contributed by atoms with Gasteiger partial charge in [-0.15, -0.1) is 0 Å². The maximum absolute atomic E-state index is 12.9. The Morgan fingerprint density at radius 1 is 1.12 bits per heavy atom. The van der Waals surface area contributed by atoms with Crippen molar-refractivity contribution in [3.05, 3.63) is 54.1 Å². The zero-order chi connectivity index (χ0) is 19.2. The molecule has 140 valence electrons. The number of rotatable bonds is 8. The first-order valence-corrected chi connectivity index (χ1v) is 9.50. The molecule has 8 heteroatoms. The summed E-state index contributed by atoms with van der Waals surface area (Å²) in [7, 11) is 1.01. The summed E-state index contributed by atoms with van der Waals surface area (Å²) in [5.74, 6) is 0.323. The van der Waals surface area contributed by atoms with Gasteiger partial charge in [0.05, 0.1) is 17.7 Å². The molecular weight excluding hydrogens is 354 g/mol. The average molecular weight is 377 g/mol. The Morgan fingerprint density at radius 2 is 1.81 bits per heavy atom. The molecule has 0 aliphatic rings. The van der Waals surface area contributed by atoms with Crippen LogP contribution in [0.2, 0.25) is 0 Å². The number of benzene rings is 2. The van der Waals surface area contributed by atoms with E-state index >= 15 is 0 Å². The average Bonchev–Trinajstić information content (AvgIpc) is 2.67. The highest BCUT2D eigenvalue weighted by molar-refractivity contribution is 7.92. The summed E-state index contributed by atoms with van der Waals surface area (Å²) in [4.78, 5) is 12.2. The number of likely N-dealkylation sites (N-methyl/N-ethyl adjacent to an activating group) is 1. The largest absolute Gasteiger partial charge is 0.497 e. The fourth-order valence-corrected chi connectivity index (χ4v) is 3.53. The molecule has 0 aliphatic carbocycles. The van der Waals surface area contributed by atoms with Gasteiger partial charge in [0.2, 0.25) is 0 Å². The SMILES string of the molecule is CNCCNC(=O)c1cccc(S(=O)(=O)N(C)c2ccc(OC)cc2)c1. The summed E-state index contributed by atoms with van der Waals surface area (Å²) in [5, 5.41) is 5.65. The van der Waals surface area contributed by atoms with E-state index in [2.05, 4.69) is 10.6 Å². The number of carbonyl (C=O) groups excluding carboxylic acids is 1. The van der Waals surface area contributed by atoms with Crippen LogP contribution < -0.4 is 19.7 Å². The fourth-order valence-electron chi connectivity index (χ4n) is 2.29. The van der Waals surface area contributed by atoms with Gasteiger partial charge in [0.25, 0.3) is 15.9 Å². The number of ether oxygens (including phenoxy) is 1. The number of nitrogens with zero attached hydrogens (tertiary/aromatic N) is 1. The molecule has 2 aromatic carbocycles. The number of sulfonamides is 1. The van der Waals surface area contributed by atoms with Gasteiger partial charge in [0, 0.05) is 25.7 Å². The second-order valence-corrected chi connectivity index (χ2v) is 7.53. The predicted molar refractivity (Wildman–Crippen MR) is 101 cm³/mol. The molecule has 2 N–H and O–H groups in total. The Bertz CT molecular complexity index is 851. The van der Waals surface area contributed by atoms with E-state index in [0.717, 1.165) is 0 Å². The molecule has 0 unspecified atom stereocenters. The Kier molecular flexibility index (Phi) is 6.59. The predicted octanol–water partition coefficient (Wildman–Crippen LogP) is 1.47. The molecule has 0 spiro atoms. The Hall–Kier alpha value is -2.58. The molecule has 0 fully saturated rings. The number of nitrogens with one attached hydrogen (secondary N) is 2. The lowest BCUT2D eigenvalue weighted by molar-refractivity contribution is 0.0954. The summed E-state index contributed by atoms with van der Waals surface area (Å²) in [5.41, 5.74) is 0.792. The molecule has 0 saturated carbocycles. The van der Waals surface area contributed by atoms with E-state index in [9.17, 15) is 13.2 Å². The van der Waals surface area contributed by atoms with Crippen molar-refractivity contribution in [2.24, 2.45) is 0 Å². The van der Waals surface area contributed by atoms with Gasteiger partial charge in [-0.1, -0.05) is 6.07 Å². The molecule has 0 aliphatic heterocycles. The monoisotopic (exact) mass is 377 g/mol. The number of anilines is 1. The highest BCUT2D eigenvalue weighted by atomic mass is 32.2. The van der Waals surface area contributed by atoms with Gasteiger partial charge in [-0.2, -0.15) is 0 Å². The van der Waals surface area contributed by atoms with Crippen molar-refractivity contribution in [2.45, 2.75) is 4.90 Å². The lowest BCUT2D eigenvalue weighted by Crippen LogP contribution is -2.31. The lowest BCUT2D eigenvalue weighted by atomic mass is 10.2. The second-order valence-electron chi connectivity index (χ2n) is 5.56. The van der Waals surface area contributed by atoms with Gasteiger partial charge in [-0.3, -0.25) is 9.10 Å². The highest BCUT2D eigenvalue weighted by Crippen LogP contribution is 2.24. The fraction of sp³-hybridized carbons (Fsp3) is 0.278. The van der Waals surface area contributed by atoms with Crippen LogP contribution in [0.5, 0.6) is 5.75 Å². The number of hydrogen-bond acceptors (Lipinski definition) is 5. The van der Waals surface area contributed by atoms with Gasteiger partial charge < -0.3 is 15.4 Å². The molecule has 26 heavy (non-hydrogen) atoms. The molecule has 0 aromatic heterocycles. The Morgan fingerprint density at radius 3 is 2.42 bits per heavy atom. The third-order valence-corrected chi connectivity index (χ3v) is 5.63. The van der Waals surface area contributed by atoms with Gasteiger partial charge >= 0.3 is 0 Å². The number of hydrogen-bond donors (Lipinski definition) is 2. The molecule has 1 amide bonds. The normalized spacial score (nSPS) is 11.0. The van der Waals surface area contributed by atoms with Crippen molar-refractivity contribution >= 4 is 21.6 Å². The second kappa shape index (κ2) is 8.68. The topological polar surface area (TPSA) is 87.7 Å². The van der Waals surface area contributed by atoms with E-state index in [-0.39, 0.29) is 10.8 Å². The van der Waals surface area contributed by atoms with Gasteiger partial charge in [0.1, 0.15) is 5.75 Å². The van der Waals surface area contributed by atoms with E-state index in [0.29, 0.717) is 30.1 Å². The van der Waals surface area contributed by atoms with Crippen LogP contribution in [0, 0.1) is 0 Å². The van der Waals surface area contributed by atoms with Crippen LogP contribution >= 0.6 is 0 Å². The van der Waals surface area contributed by atoms with Gasteiger partial charge in [-0.05, 0) is 49.5 Å². The smallest absolute Gasteiger partial charge is 0.264 e. The molecule has 2 aromatic rings. The molecule has 0 radical (unpaired) electrons. The first-order valence-electron chi connectivity index (χ1n) is 8.06. The molecular formula is C18H23N3O4S. The minimum absolute atomic E-state index is 0.0529. The van der Waals surface area contributed by atoms with E-state index in [1.807, 2.05) is 0 Å². The van der Waals surface area contributed by atoms with Crippen LogP contribution in [0.4, 0.5) is 5.69 Å². The van der Waals surface area contributed by atoms with E-state index in [4.69, 9.17) is 4.74 Å². The Labute approximate surface area is 154 Å². The number of amides is 1. The zero-order valence-electron chi connectivity index (χ0n) is 15.0. The molecule has 0 saturated heterocycles. The minimum atomic E-state index is -3.79. The van der Waals surface area contributed by atoms with E-state index < -0.39 is 10.0 Å². The quantitative estimate of drug-likeness (QED) is 0.680. The van der Waals surface area contributed by atoms with Crippen LogP contribution in [-0.4, -0.2) is 48.6 Å². The molecule has 0 atom stereocenters. The molecule has 0 bridgehead atoms. The molecule has 0 heterocycles. The van der Waals surface area contributed by atoms with Crippen molar-refractivity contribution < 1.29 is 17.9 Å². The van der Waals surface area contributed by atoms with E-state index in [1.54, 1.807) is 50.6 Å². The molecule has 7 nitrogen and oxygen atoms in total. The van der Waals surface area contributed by atoms with Crippen molar-refractivity contribution in [2.75, 3.05) is 38.6 Å². The minimum Gasteiger partial charge on any atom is -0.497 e. The standard InChI is InChI=1S/C18H23N3O4S/c1-19-11-12-20-18(22)14-5-4-6-17(13-14)26(23,24)21(2)15-7-9-16(25-3)10-8-15/h4-10,13,19H,11-12H2,1-3H3,(H,20,22). The van der Waals surface area contributed by atoms with Crippen LogP contribution in [0.1, 0.15) is 10.4 Å². The third kappa shape index (κ3) is 4.53. The Balaban J connectivity index is 2.24. The van der Waals surface area contributed by atoms with Crippen molar-refractivity contribution in [3.8, 4) is 5.75 Å². The first kappa shape index (κ1) is 19.7. The van der Waals surface area contributed by atoms with Gasteiger partial charge in [-0.25, -0.2) is 8.42 Å². The zero-order valence-corrected chi connectivity index (χ0v) is 15.8. The third-order valence-electron chi connectivity index (χ3n) is 3.85. The van der Waals surface area contributed by atoms with Crippen LogP contribution in [0.25, 0.3) is 0 Å². The van der Waals surface area contributed by atoms with Crippen molar-refractivity contribution in [1.82, 2.24) is 10.6 Å². The maximum Gasteiger partial charge on any atom is 0.264 e. The lowest BCUT2D eigenvalue weighted by Gasteiger charge is -2.20. The molecule has 2 rings (SSSR count). The summed E-state index contributed by atoms with van der Waals surface area (Å²) >= 11 is 0. The van der Waals surface area contributed by atoms with Gasteiger partial charge in [0.15, 0.2) is 0 Å². The summed E-state index contributed by atoms with van der Waals surface area (Å²) < 4.78 is 32.0. The van der Waals surface area contributed by atoms with E-state index in [1.165, 1.54) is 23.5 Å². The van der Waals surface area contributed by atoms with Crippen molar-refractivity contribution in [1.29, 1.82) is 0 Å². The van der Waals surface area contributed by atoms with Crippen LogP contribution in [0.3, 0.4) is 0 Å². The van der Waals surface area contributed by atoms with Crippen molar-refractivity contribution in [3.63, 3.8) is 0 Å².